The van der Waals surface area contributed by atoms with E-state index in [0.29, 0.717) is 50.7 Å². The van der Waals surface area contributed by atoms with Gasteiger partial charge in [0, 0.05) is 43.6 Å². The predicted molar refractivity (Wildman–Crippen MR) is 96.3 cm³/mol. The molecule has 4 rings (SSSR count). The van der Waals surface area contributed by atoms with E-state index in [1.807, 2.05) is 11.0 Å². The molecule has 1 N–H and O–H groups in total. The summed E-state index contributed by atoms with van der Waals surface area (Å²) in [4.78, 5) is 31.6. The van der Waals surface area contributed by atoms with E-state index in [4.69, 9.17) is 4.74 Å². The highest BCUT2D eigenvalue weighted by atomic mass is 16.5. The van der Waals surface area contributed by atoms with E-state index in [9.17, 15) is 14.7 Å². The van der Waals surface area contributed by atoms with Crippen LogP contribution in [0.15, 0.2) is 35.1 Å². The van der Waals surface area contributed by atoms with Crippen molar-refractivity contribution in [1.82, 2.24) is 4.90 Å². The highest BCUT2D eigenvalue weighted by Gasteiger charge is 2.31. The Hall–Kier alpha value is -2.47. The minimum Gasteiger partial charge on any atom is -0.508 e. The van der Waals surface area contributed by atoms with E-state index in [1.54, 1.807) is 18.2 Å². The standard InChI is InChI=1S/C20H22N2O4/c23-14-10-13(21-20(12-14)22-6-8-26-9-7-22)11-19(25)17-5-4-16-15(17)2-1-3-18(16)24/h1-3,12,17,24H,4-11H2. The second-order valence-corrected chi connectivity index (χ2v) is 7.00. The Balaban J connectivity index is 1.49. The van der Waals surface area contributed by atoms with Crippen molar-refractivity contribution < 1.29 is 19.4 Å². The minimum atomic E-state index is -0.215. The van der Waals surface area contributed by atoms with Crippen LogP contribution in [0.25, 0.3) is 0 Å². The van der Waals surface area contributed by atoms with Crippen LogP contribution in [0.2, 0.25) is 0 Å². The van der Waals surface area contributed by atoms with Crippen LogP contribution in [0.3, 0.4) is 0 Å². The van der Waals surface area contributed by atoms with Gasteiger partial charge in [0.1, 0.15) is 17.4 Å². The molecule has 2 heterocycles. The molecule has 136 valence electrons. The zero-order chi connectivity index (χ0) is 18.1. The first kappa shape index (κ1) is 17.0. The first-order valence-corrected chi connectivity index (χ1v) is 9.09. The summed E-state index contributed by atoms with van der Waals surface area (Å²) in [5.74, 6) is 0.767. The van der Waals surface area contributed by atoms with Crippen LogP contribution in [0.1, 0.15) is 36.3 Å². The fourth-order valence-corrected chi connectivity index (χ4v) is 3.98. The zero-order valence-corrected chi connectivity index (χ0v) is 14.6. The molecule has 0 bridgehead atoms. The topological polar surface area (TPSA) is 79.2 Å². The SMILES string of the molecule is O=C1C=C(N2CCOCC2)N=C(CC(=O)C2CCc3c(O)cccc32)C1. The Morgan fingerprint density at radius 2 is 2.12 bits per heavy atom. The van der Waals surface area contributed by atoms with Crippen molar-refractivity contribution in [2.24, 2.45) is 4.99 Å². The number of carbonyl (C=O) groups excluding carboxylic acids is 2. The van der Waals surface area contributed by atoms with Crippen molar-refractivity contribution >= 4 is 17.3 Å². The Morgan fingerprint density at radius 1 is 1.31 bits per heavy atom. The highest BCUT2D eigenvalue weighted by Crippen LogP contribution is 2.39. The lowest BCUT2D eigenvalue weighted by Gasteiger charge is -2.30. The number of ketones is 2. The number of aromatic hydroxyl groups is 1. The average Bonchev–Trinajstić information content (AvgIpc) is 3.07. The fraction of sp³-hybridized carbons (Fsp3) is 0.450. The van der Waals surface area contributed by atoms with Crippen LogP contribution in [0.4, 0.5) is 0 Å². The number of fused-ring (bicyclic) bond motifs is 1. The molecule has 0 radical (unpaired) electrons. The van der Waals surface area contributed by atoms with Gasteiger partial charge in [0.2, 0.25) is 0 Å². The molecule has 1 atom stereocenters. The quantitative estimate of drug-likeness (QED) is 0.894. The van der Waals surface area contributed by atoms with Gasteiger partial charge in [-0.15, -0.1) is 0 Å². The first-order valence-electron chi connectivity index (χ1n) is 9.09. The van der Waals surface area contributed by atoms with Gasteiger partial charge in [-0.2, -0.15) is 0 Å². The number of phenolic OH excluding ortho intramolecular Hbond substituents is 1. The Kier molecular flexibility index (Phi) is 4.59. The molecular weight excluding hydrogens is 332 g/mol. The smallest absolute Gasteiger partial charge is 0.164 e. The zero-order valence-electron chi connectivity index (χ0n) is 14.6. The third-order valence-corrected chi connectivity index (χ3v) is 5.29. The van der Waals surface area contributed by atoms with Crippen molar-refractivity contribution in [3.8, 4) is 5.75 Å². The average molecular weight is 354 g/mol. The molecule has 3 aliphatic rings. The maximum Gasteiger partial charge on any atom is 0.164 e. The number of benzene rings is 1. The predicted octanol–water partition coefficient (Wildman–Crippen LogP) is 1.97. The molecule has 0 spiro atoms. The molecule has 0 amide bonds. The van der Waals surface area contributed by atoms with Crippen LogP contribution in [-0.2, 0) is 20.7 Å². The monoisotopic (exact) mass is 354 g/mol. The lowest BCUT2D eigenvalue weighted by molar-refractivity contribution is -0.119. The van der Waals surface area contributed by atoms with E-state index >= 15 is 0 Å². The van der Waals surface area contributed by atoms with Gasteiger partial charge in [-0.3, -0.25) is 9.59 Å². The van der Waals surface area contributed by atoms with Gasteiger partial charge in [0.15, 0.2) is 5.78 Å². The van der Waals surface area contributed by atoms with Crippen molar-refractivity contribution in [2.45, 2.75) is 31.6 Å². The molecule has 0 saturated carbocycles. The third-order valence-electron chi connectivity index (χ3n) is 5.29. The van der Waals surface area contributed by atoms with Crippen LogP contribution >= 0.6 is 0 Å². The summed E-state index contributed by atoms with van der Waals surface area (Å²) >= 11 is 0. The molecule has 1 aliphatic carbocycles. The van der Waals surface area contributed by atoms with Gasteiger partial charge < -0.3 is 14.7 Å². The minimum absolute atomic E-state index is 0.00578. The normalized spacial score (nSPS) is 22.7. The van der Waals surface area contributed by atoms with E-state index in [0.717, 1.165) is 11.1 Å². The number of allylic oxidation sites excluding steroid dienone is 1. The van der Waals surface area contributed by atoms with Crippen molar-refractivity contribution in [3.63, 3.8) is 0 Å². The van der Waals surface area contributed by atoms with Crippen molar-refractivity contribution in [2.75, 3.05) is 26.3 Å². The highest BCUT2D eigenvalue weighted by molar-refractivity contribution is 6.15. The Bertz CT molecular complexity index is 806. The number of ether oxygens (including phenoxy) is 1. The molecule has 1 aromatic carbocycles. The molecule has 1 fully saturated rings. The summed E-state index contributed by atoms with van der Waals surface area (Å²) in [5.41, 5.74) is 2.43. The maximum absolute atomic E-state index is 12.9. The second-order valence-electron chi connectivity index (χ2n) is 7.00. The number of hydrogen-bond acceptors (Lipinski definition) is 6. The molecule has 1 unspecified atom stereocenters. The molecule has 6 nitrogen and oxygen atoms in total. The van der Waals surface area contributed by atoms with Crippen molar-refractivity contribution in [3.05, 3.63) is 41.2 Å². The second kappa shape index (κ2) is 7.03. The summed E-state index contributed by atoms with van der Waals surface area (Å²) in [6.45, 7) is 2.66. The number of aliphatic imine (C=N–C) groups is 1. The molecule has 26 heavy (non-hydrogen) atoms. The van der Waals surface area contributed by atoms with E-state index in [2.05, 4.69) is 4.99 Å². The number of morpholine rings is 1. The molecule has 1 saturated heterocycles. The Labute approximate surface area is 152 Å². The van der Waals surface area contributed by atoms with Crippen LogP contribution in [-0.4, -0.2) is 53.6 Å². The molecule has 6 heteroatoms. The van der Waals surface area contributed by atoms with Gasteiger partial charge in [-0.05, 0) is 30.0 Å². The van der Waals surface area contributed by atoms with Gasteiger partial charge >= 0.3 is 0 Å². The maximum atomic E-state index is 12.9. The van der Waals surface area contributed by atoms with Gasteiger partial charge in [0.05, 0.1) is 13.2 Å². The number of carbonyl (C=O) groups is 2. The van der Waals surface area contributed by atoms with Crippen LogP contribution in [0.5, 0.6) is 5.75 Å². The number of nitrogens with zero attached hydrogens (tertiary/aromatic N) is 2. The summed E-state index contributed by atoms with van der Waals surface area (Å²) in [6, 6.07) is 5.35. The van der Waals surface area contributed by atoms with Gasteiger partial charge in [0.25, 0.3) is 0 Å². The number of rotatable bonds is 4. The fourth-order valence-electron chi connectivity index (χ4n) is 3.98. The molecular formula is C20H22N2O4. The van der Waals surface area contributed by atoms with E-state index in [-0.39, 0.29) is 36.1 Å². The lowest BCUT2D eigenvalue weighted by Crippen LogP contribution is -2.36. The number of hydrogen-bond donors (Lipinski definition) is 1. The van der Waals surface area contributed by atoms with Crippen molar-refractivity contribution in [1.29, 1.82) is 0 Å². The lowest BCUT2D eigenvalue weighted by atomic mass is 9.92. The number of Topliss-reactive ketones (excluding diaryl/α,β-unsaturated/α-hetero) is 1. The van der Waals surface area contributed by atoms with Gasteiger partial charge in [-0.1, -0.05) is 12.1 Å². The molecule has 0 aromatic heterocycles. The van der Waals surface area contributed by atoms with E-state index in [1.165, 1.54) is 0 Å². The summed E-state index contributed by atoms with van der Waals surface area (Å²) in [5, 5.41) is 9.96. The number of phenols is 1. The largest absolute Gasteiger partial charge is 0.508 e. The molecule has 2 aliphatic heterocycles. The third kappa shape index (κ3) is 3.29. The van der Waals surface area contributed by atoms with Gasteiger partial charge in [-0.25, -0.2) is 4.99 Å². The summed E-state index contributed by atoms with van der Waals surface area (Å²) in [6.07, 6.45) is 3.39. The Morgan fingerprint density at radius 3 is 2.92 bits per heavy atom. The summed E-state index contributed by atoms with van der Waals surface area (Å²) < 4.78 is 5.34. The van der Waals surface area contributed by atoms with Crippen LogP contribution < -0.4 is 0 Å². The molecule has 1 aromatic rings. The summed E-state index contributed by atoms with van der Waals surface area (Å²) in [7, 11) is 0. The van der Waals surface area contributed by atoms with E-state index < -0.39 is 0 Å². The van der Waals surface area contributed by atoms with Crippen LogP contribution in [0, 0.1) is 0 Å². The first-order chi connectivity index (χ1) is 12.6.